The van der Waals surface area contributed by atoms with Crippen LogP contribution in [-0.2, 0) is 0 Å². The molecule has 0 fully saturated rings. The van der Waals surface area contributed by atoms with Crippen molar-refractivity contribution in [2.75, 3.05) is 18.8 Å². The monoisotopic (exact) mass is 213 g/mol. The van der Waals surface area contributed by atoms with Crippen LogP contribution in [0.4, 0.5) is 0 Å². The van der Waals surface area contributed by atoms with Gasteiger partial charge in [-0.1, -0.05) is 6.92 Å². The van der Waals surface area contributed by atoms with Crippen molar-refractivity contribution < 1.29 is 5.11 Å². The molecule has 0 aliphatic carbocycles. The number of aliphatic hydroxyl groups excluding tert-OH is 1. The summed E-state index contributed by atoms with van der Waals surface area (Å²) in [6.45, 7) is 3.53. The minimum Gasteiger partial charge on any atom is -0.391 e. The number of thioether (sulfide) groups is 1. The first kappa shape index (κ1) is 11.4. The summed E-state index contributed by atoms with van der Waals surface area (Å²) in [5.74, 6) is 0.645. The summed E-state index contributed by atoms with van der Waals surface area (Å²) in [5.41, 5.74) is 0. The van der Waals surface area contributed by atoms with Crippen molar-refractivity contribution in [3.63, 3.8) is 0 Å². The van der Waals surface area contributed by atoms with Crippen LogP contribution in [0.25, 0.3) is 0 Å². The molecule has 0 saturated heterocycles. The Morgan fingerprint density at radius 3 is 3.07 bits per heavy atom. The van der Waals surface area contributed by atoms with E-state index >= 15 is 0 Å². The molecule has 0 radical (unpaired) electrons. The van der Waals surface area contributed by atoms with Gasteiger partial charge in [-0.05, 0) is 6.54 Å². The van der Waals surface area contributed by atoms with Gasteiger partial charge >= 0.3 is 0 Å². The van der Waals surface area contributed by atoms with Crippen LogP contribution in [0.2, 0.25) is 0 Å². The molecule has 1 aromatic rings. The second-order valence-electron chi connectivity index (χ2n) is 2.82. The van der Waals surface area contributed by atoms with Crippen molar-refractivity contribution in [2.24, 2.45) is 0 Å². The maximum Gasteiger partial charge on any atom is 0.114 e. The van der Waals surface area contributed by atoms with Gasteiger partial charge in [0.2, 0.25) is 0 Å². The zero-order chi connectivity index (χ0) is 10.2. The van der Waals surface area contributed by atoms with Gasteiger partial charge in [-0.25, -0.2) is 4.98 Å². The average Bonchev–Trinajstić information content (AvgIpc) is 2.25. The lowest BCUT2D eigenvalue weighted by Gasteiger charge is -2.09. The Labute approximate surface area is 88.2 Å². The lowest BCUT2D eigenvalue weighted by Crippen LogP contribution is -2.28. The molecule has 1 aromatic heterocycles. The first-order valence-electron chi connectivity index (χ1n) is 4.60. The molecule has 5 heteroatoms. The van der Waals surface area contributed by atoms with Crippen molar-refractivity contribution in [3.05, 3.63) is 18.6 Å². The molecule has 0 aromatic carbocycles. The molecule has 0 spiro atoms. The summed E-state index contributed by atoms with van der Waals surface area (Å²) in [6, 6.07) is 0. The second kappa shape index (κ2) is 6.75. The largest absolute Gasteiger partial charge is 0.391 e. The highest BCUT2D eigenvalue weighted by Gasteiger charge is 2.04. The molecule has 4 nitrogen and oxygen atoms in total. The van der Waals surface area contributed by atoms with Gasteiger partial charge in [0.25, 0.3) is 0 Å². The van der Waals surface area contributed by atoms with E-state index in [-0.39, 0.29) is 6.10 Å². The van der Waals surface area contributed by atoms with E-state index in [4.69, 9.17) is 0 Å². The molecule has 0 amide bonds. The van der Waals surface area contributed by atoms with Crippen molar-refractivity contribution in [2.45, 2.75) is 18.1 Å². The maximum absolute atomic E-state index is 9.51. The fourth-order valence-corrected chi connectivity index (χ4v) is 1.66. The van der Waals surface area contributed by atoms with E-state index < -0.39 is 0 Å². The Hall–Kier alpha value is -0.650. The zero-order valence-corrected chi connectivity index (χ0v) is 9.00. The number of nitrogens with zero attached hydrogens (tertiary/aromatic N) is 2. The van der Waals surface area contributed by atoms with E-state index in [1.54, 1.807) is 18.6 Å². The average molecular weight is 213 g/mol. The van der Waals surface area contributed by atoms with Crippen LogP contribution >= 0.6 is 11.8 Å². The topological polar surface area (TPSA) is 58.0 Å². The van der Waals surface area contributed by atoms with Gasteiger partial charge in [-0.15, -0.1) is 11.8 Å². The number of rotatable bonds is 6. The van der Waals surface area contributed by atoms with Crippen molar-refractivity contribution in [1.82, 2.24) is 15.3 Å². The van der Waals surface area contributed by atoms with Crippen LogP contribution in [-0.4, -0.2) is 40.0 Å². The van der Waals surface area contributed by atoms with E-state index in [1.807, 2.05) is 6.92 Å². The van der Waals surface area contributed by atoms with Gasteiger partial charge in [-0.3, -0.25) is 4.98 Å². The van der Waals surface area contributed by atoms with E-state index in [0.29, 0.717) is 12.3 Å². The van der Waals surface area contributed by atoms with Crippen molar-refractivity contribution in [1.29, 1.82) is 0 Å². The number of likely N-dealkylation sites (N-methyl/N-ethyl adjacent to an activating group) is 1. The molecule has 0 aliphatic heterocycles. The molecule has 0 bridgehead atoms. The van der Waals surface area contributed by atoms with Crippen LogP contribution in [0.5, 0.6) is 0 Å². The van der Waals surface area contributed by atoms with Gasteiger partial charge < -0.3 is 10.4 Å². The smallest absolute Gasteiger partial charge is 0.114 e. The van der Waals surface area contributed by atoms with Crippen LogP contribution < -0.4 is 5.32 Å². The van der Waals surface area contributed by atoms with Gasteiger partial charge in [0.05, 0.1) is 12.3 Å². The third-order valence-electron chi connectivity index (χ3n) is 1.59. The first-order valence-corrected chi connectivity index (χ1v) is 5.59. The molecule has 14 heavy (non-hydrogen) atoms. The Kier molecular flexibility index (Phi) is 5.51. The summed E-state index contributed by atoms with van der Waals surface area (Å²) < 4.78 is 0. The van der Waals surface area contributed by atoms with E-state index in [9.17, 15) is 5.11 Å². The fourth-order valence-electron chi connectivity index (χ4n) is 0.911. The molecule has 1 heterocycles. The number of hydrogen-bond donors (Lipinski definition) is 2. The highest BCUT2D eigenvalue weighted by atomic mass is 32.2. The van der Waals surface area contributed by atoms with Gasteiger partial charge in [0.1, 0.15) is 5.03 Å². The number of nitrogens with one attached hydrogen (secondary N) is 1. The standard InChI is InChI=1S/C9H15N3OS/c1-2-10-5-8(13)7-14-9-6-11-3-4-12-9/h3-4,6,8,10,13H,2,5,7H2,1H3. The predicted octanol–water partition coefficient (Wildman–Crippen LogP) is 0.539. The van der Waals surface area contributed by atoms with Crippen LogP contribution in [0.15, 0.2) is 23.6 Å². The van der Waals surface area contributed by atoms with Gasteiger partial charge in [0, 0.05) is 24.7 Å². The Bertz CT molecular complexity index is 245. The lowest BCUT2D eigenvalue weighted by atomic mass is 10.4. The Balaban J connectivity index is 2.20. The lowest BCUT2D eigenvalue weighted by molar-refractivity contribution is 0.197. The van der Waals surface area contributed by atoms with Gasteiger partial charge in [-0.2, -0.15) is 0 Å². The Morgan fingerprint density at radius 1 is 1.57 bits per heavy atom. The third kappa shape index (κ3) is 4.55. The zero-order valence-electron chi connectivity index (χ0n) is 8.18. The number of aliphatic hydroxyl groups is 1. The number of hydrogen-bond acceptors (Lipinski definition) is 5. The van der Waals surface area contributed by atoms with E-state index in [1.165, 1.54) is 11.8 Å². The Morgan fingerprint density at radius 2 is 2.43 bits per heavy atom. The molecule has 1 rings (SSSR count). The SMILES string of the molecule is CCNCC(O)CSc1cnccn1. The predicted molar refractivity (Wildman–Crippen MR) is 57.3 cm³/mol. The molecule has 1 unspecified atom stereocenters. The maximum atomic E-state index is 9.51. The van der Waals surface area contributed by atoms with Crippen molar-refractivity contribution in [3.8, 4) is 0 Å². The normalized spacial score (nSPS) is 12.7. The minimum absolute atomic E-state index is 0.332. The molecule has 1 atom stereocenters. The molecule has 78 valence electrons. The first-order chi connectivity index (χ1) is 6.83. The molecule has 0 saturated carbocycles. The summed E-state index contributed by atoms with van der Waals surface area (Å²) >= 11 is 1.52. The highest BCUT2D eigenvalue weighted by Crippen LogP contribution is 2.13. The summed E-state index contributed by atoms with van der Waals surface area (Å²) in [5, 5.41) is 13.4. The minimum atomic E-state index is -0.332. The summed E-state index contributed by atoms with van der Waals surface area (Å²) in [4.78, 5) is 8.04. The fraction of sp³-hybridized carbons (Fsp3) is 0.556. The van der Waals surface area contributed by atoms with Crippen molar-refractivity contribution >= 4 is 11.8 Å². The molecule has 2 N–H and O–H groups in total. The van der Waals surface area contributed by atoms with Gasteiger partial charge in [0.15, 0.2) is 0 Å². The second-order valence-corrected chi connectivity index (χ2v) is 3.86. The van der Waals surface area contributed by atoms with E-state index in [2.05, 4.69) is 15.3 Å². The molecule has 0 aliphatic rings. The molecular formula is C9H15N3OS. The summed E-state index contributed by atoms with van der Waals surface area (Å²) in [6.07, 6.45) is 4.66. The van der Waals surface area contributed by atoms with Crippen LogP contribution in [0.1, 0.15) is 6.92 Å². The van der Waals surface area contributed by atoms with Crippen LogP contribution in [0.3, 0.4) is 0 Å². The third-order valence-corrected chi connectivity index (χ3v) is 2.65. The summed E-state index contributed by atoms with van der Waals surface area (Å²) in [7, 11) is 0. The quantitative estimate of drug-likeness (QED) is 0.675. The number of aromatic nitrogens is 2. The van der Waals surface area contributed by atoms with E-state index in [0.717, 1.165) is 11.6 Å². The highest BCUT2D eigenvalue weighted by molar-refractivity contribution is 7.99. The molecular weight excluding hydrogens is 198 g/mol. The van der Waals surface area contributed by atoms with Crippen LogP contribution in [0, 0.1) is 0 Å².